The molecule has 94 valence electrons. The second-order valence-electron chi connectivity index (χ2n) is 3.44. The number of esters is 1. The zero-order valence-electron chi connectivity index (χ0n) is 10.1. The van der Waals surface area contributed by atoms with Crippen molar-refractivity contribution in [2.45, 2.75) is 20.3 Å². The Hall–Kier alpha value is -2.42. The lowest BCUT2D eigenvalue weighted by molar-refractivity contribution is -0.385. The molecule has 18 heavy (non-hydrogen) atoms. The number of hydrogen-bond donors (Lipinski definition) is 0. The zero-order chi connectivity index (χ0) is 13.7. The molecule has 6 nitrogen and oxygen atoms in total. The number of ether oxygens (including phenoxy) is 1. The molecule has 0 radical (unpaired) electrons. The molecule has 0 aromatic heterocycles. The van der Waals surface area contributed by atoms with Crippen LogP contribution in [0.1, 0.15) is 35.3 Å². The number of aryl methyl sites for hydroxylation is 1. The Balaban J connectivity index is 3.49. The summed E-state index contributed by atoms with van der Waals surface area (Å²) in [7, 11) is 0. The summed E-state index contributed by atoms with van der Waals surface area (Å²) in [5.41, 5.74) is -0.198. The van der Waals surface area contributed by atoms with Gasteiger partial charge in [0.25, 0.3) is 5.69 Å². The van der Waals surface area contributed by atoms with Crippen LogP contribution in [0.2, 0.25) is 0 Å². The highest BCUT2D eigenvalue weighted by Crippen LogP contribution is 2.27. The molecule has 0 unspecified atom stereocenters. The minimum atomic E-state index is -0.722. The van der Waals surface area contributed by atoms with Gasteiger partial charge in [-0.3, -0.25) is 10.1 Å². The van der Waals surface area contributed by atoms with E-state index in [1.54, 1.807) is 19.9 Å². The van der Waals surface area contributed by atoms with Crippen LogP contribution in [0.3, 0.4) is 0 Å². The first-order valence-electron chi connectivity index (χ1n) is 5.44. The predicted octanol–water partition coefficient (Wildman–Crippen LogP) is 2.21. The summed E-state index contributed by atoms with van der Waals surface area (Å²) in [6.45, 7) is 3.51. The average Bonchev–Trinajstić information content (AvgIpc) is 2.36. The van der Waals surface area contributed by atoms with E-state index in [0.29, 0.717) is 12.0 Å². The highest BCUT2D eigenvalue weighted by molar-refractivity contribution is 5.94. The summed E-state index contributed by atoms with van der Waals surface area (Å²) in [6, 6.07) is 4.59. The van der Waals surface area contributed by atoms with Crippen molar-refractivity contribution >= 4 is 11.7 Å². The fourth-order valence-corrected chi connectivity index (χ4v) is 1.62. The fraction of sp³-hybridized carbons (Fsp3) is 0.333. The van der Waals surface area contributed by atoms with Crippen molar-refractivity contribution in [3.63, 3.8) is 0 Å². The number of nitro groups is 1. The Morgan fingerprint density at radius 1 is 1.50 bits per heavy atom. The molecule has 6 heteroatoms. The number of carbonyl (C=O) groups is 1. The molecular formula is C12H12N2O4. The summed E-state index contributed by atoms with van der Waals surface area (Å²) in [6.07, 6.45) is 0.411. The van der Waals surface area contributed by atoms with E-state index in [2.05, 4.69) is 0 Å². The van der Waals surface area contributed by atoms with Gasteiger partial charge in [0.1, 0.15) is 11.6 Å². The first-order valence-corrected chi connectivity index (χ1v) is 5.44. The number of rotatable bonds is 4. The molecule has 0 amide bonds. The number of nitriles is 1. The van der Waals surface area contributed by atoms with E-state index >= 15 is 0 Å². The average molecular weight is 248 g/mol. The first-order chi connectivity index (χ1) is 8.56. The topological polar surface area (TPSA) is 93.2 Å². The molecule has 1 aromatic rings. The van der Waals surface area contributed by atoms with Crippen LogP contribution in [0, 0.1) is 21.4 Å². The van der Waals surface area contributed by atoms with Gasteiger partial charge in [0.2, 0.25) is 0 Å². The van der Waals surface area contributed by atoms with Crippen LogP contribution in [0.4, 0.5) is 5.69 Å². The van der Waals surface area contributed by atoms with E-state index in [1.165, 1.54) is 12.1 Å². The molecule has 0 N–H and O–H groups in total. The lowest BCUT2D eigenvalue weighted by Gasteiger charge is -2.07. The zero-order valence-corrected chi connectivity index (χ0v) is 10.1. The third kappa shape index (κ3) is 2.46. The molecule has 1 rings (SSSR count). The molecular weight excluding hydrogens is 236 g/mol. The molecule has 0 saturated heterocycles. The van der Waals surface area contributed by atoms with E-state index < -0.39 is 10.9 Å². The fourth-order valence-electron chi connectivity index (χ4n) is 1.62. The quantitative estimate of drug-likeness (QED) is 0.462. The third-order valence-electron chi connectivity index (χ3n) is 2.43. The maximum absolute atomic E-state index is 11.6. The van der Waals surface area contributed by atoms with Gasteiger partial charge in [0.05, 0.1) is 17.1 Å². The van der Waals surface area contributed by atoms with Crippen LogP contribution >= 0.6 is 0 Å². The second-order valence-corrected chi connectivity index (χ2v) is 3.44. The summed E-state index contributed by atoms with van der Waals surface area (Å²) in [5.74, 6) is -0.722. The van der Waals surface area contributed by atoms with Gasteiger partial charge in [0, 0.05) is 5.56 Å². The van der Waals surface area contributed by atoms with Crippen LogP contribution in [0.15, 0.2) is 12.1 Å². The van der Waals surface area contributed by atoms with E-state index in [1.807, 2.05) is 0 Å². The van der Waals surface area contributed by atoms with Crippen molar-refractivity contribution < 1.29 is 14.5 Å². The highest BCUT2D eigenvalue weighted by Gasteiger charge is 2.25. The standard InChI is InChI=1S/C12H12N2O4/c1-3-8-5-6-9(12(15)18-4-2)10(7-13)11(8)14(16)17/h5-6H,3-4H2,1-2H3. The summed E-state index contributed by atoms with van der Waals surface area (Å²) >= 11 is 0. The van der Waals surface area contributed by atoms with Crippen molar-refractivity contribution in [1.82, 2.24) is 0 Å². The number of hydrogen-bond acceptors (Lipinski definition) is 5. The van der Waals surface area contributed by atoms with Gasteiger partial charge in [-0.15, -0.1) is 0 Å². The summed E-state index contributed by atoms with van der Waals surface area (Å²) in [4.78, 5) is 22.0. The van der Waals surface area contributed by atoms with Gasteiger partial charge in [0.15, 0.2) is 0 Å². The molecule has 0 heterocycles. The molecule has 0 atom stereocenters. The lowest BCUT2D eigenvalue weighted by Crippen LogP contribution is -2.10. The Labute approximate surface area is 104 Å². The first kappa shape index (κ1) is 13.6. The van der Waals surface area contributed by atoms with E-state index in [-0.39, 0.29) is 23.4 Å². The van der Waals surface area contributed by atoms with Crippen molar-refractivity contribution in [2.24, 2.45) is 0 Å². The van der Waals surface area contributed by atoms with Crippen molar-refractivity contribution in [3.8, 4) is 6.07 Å². The predicted molar refractivity (Wildman–Crippen MR) is 63.1 cm³/mol. The number of nitrogens with zero attached hydrogens (tertiary/aromatic N) is 2. The van der Waals surface area contributed by atoms with E-state index in [0.717, 1.165) is 0 Å². The molecule has 0 aliphatic rings. The maximum Gasteiger partial charge on any atom is 0.339 e. The Kier molecular flexibility index (Phi) is 4.38. The molecule has 0 aliphatic heterocycles. The monoisotopic (exact) mass is 248 g/mol. The lowest BCUT2D eigenvalue weighted by atomic mass is 10.0. The van der Waals surface area contributed by atoms with Crippen LogP contribution in [-0.2, 0) is 11.2 Å². The Bertz CT molecular complexity index is 532. The normalized spacial score (nSPS) is 9.61. The van der Waals surface area contributed by atoms with Gasteiger partial charge in [-0.25, -0.2) is 4.79 Å². The van der Waals surface area contributed by atoms with Gasteiger partial charge in [-0.05, 0) is 19.4 Å². The Morgan fingerprint density at radius 3 is 2.61 bits per heavy atom. The summed E-state index contributed by atoms with van der Waals surface area (Å²) < 4.78 is 4.77. The Morgan fingerprint density at radius 2 is 2.17 bits per heavy atom. The van der Waals surface area contributed by atoms with Gasteiger partial charge >= 0.3 is 5.97 Å². The molecule has 1 aromatic carbocycles. The maximum atomic E-state index is 11.6. The van der Waals surface area contributed by atoms with Crippen molar-refractivity contribution in [1.29, 1.82) is 5.26 Å². The molecule has 0 bridgehead atoms. The smallest absolute Gasteiger partial charge is 0.339 e. The van der Waals surface area contributed by atoms with Gasteiger partial charge < -0.3 is 4.74 Å². The van der Waals surface area contributed by atoms with E-state index in [4.69, 9.17) is 10.00 Å². The second kappa shape index (κ2) is 5.77. The van der Waals surface area contributed by atoms with Crippen molar-refractivity contribution in [3.05, 3.63) is 38.9 Å². The SMILES string of the molecule is CCOC(=O)c1ccc(CC)c([N+](=O)[O-])c1C#N. The van der Waals surface area contributed by atoms with Crippen LogP contribution in [0.5, 0.6) is 0 Å². The minimum Gasteiger partial charge on any atom is -0.462 e. The molecule has 0 saturated carbocycles. The number of carbonyl (C=O) groups excluding carboxylic acids is 1. The van der Waals surface area contributed by atoms with Crippen LogP contribution < -0.4 is 0 Å². The van der Waals surface area contributed by atoms with Crippen LogP contribution in [-0.4, -0.2) is 17.5 Å². The molecule has 0 fully saturated rings. The third-order valence-corrected chi connectivity index (χ3v) is 2.43. The minimum absolute atomic E-state index is 0.0664. The molecule has 0 spiro atoms. The molecule has 0 aliphatic carbocycles. The van der Waals surface area contributed by atoms with E-state index in [9.17, 15) is 14.9 Å². The van der Waals surface area contributed by atoms with Gasteiger partial charge in [-0.2, -0.15) is 5.26 Å². The van der Waals surface area contributed by atoms with Crippen LogP contribution in [0.25, 0.3) is 0 Å². The number of benzene rings is 1. The largest absolute Gasteiger partial charge is 0.462 e. The van der Waals surface area contributed by atoms with Crippen molar-refractivity contribution in [2.75, 3.05) is 6.61 Å². The summed E-state index contributed by atoms with van der Waals surface area (Å²) in [5, 5.41) is 20.0. The highest BCUT2D eigenvalue weighted by atomic mass is 16.6. The number of nitro benzene ring substituents is 1. The van der Waals surface area contributed by atoms with Gasteiger partial charge in [-0.1, -0.05) is 13.0 Å².